The van der Waals surface area contributed by atoms with Crippen molar-refractivity contribution in [2.75, 3.05) is 33.7 Å². The first kappa shape index (κ1) is 20.5. The third-order valence-electron chi connectivity index (χ3n) is 5.78. The number of fused-ring (bicyclic) bond motifs is 1. The number of carbonyl (C=O) groups is 2. The average Bonchev–Trinajstić information content (AvgIpc) is 3.15. The zero-order valence-corrected chi connectivity index (χ0v) is 17.3. The van der Waals surface area contributed by atoms with Gasteiger partial charge in [0, 0.05) is 25.4 Å². The van der Waals surface area contributed by atoms with Crippen LogP contribution in [0.15, 0.2) is 4.79 Å². The maximum atomic E-state index is 12.8. The van der Waals surface area contributed by atoms with Gasteiger partial charge in [-0.25, -0.2) is 4.98 Å². The van der Waals surface area contributed by atoms with Gasteiger partial charge in [0.05, 0.1) is 30.4 Å². The lowest BCUT2D eigenvalue weighted by atomic mass is 10.0. The maximum Gasteiger partial charge on any atom is 0.256 e. The molecular formula is C20H31N5O3. The van der Waals surface area contributed by atoms with E-state index >= 15 is 0 Å². The molecule has 2 atom stereocenters. The van der Waals surface area contributed by atoms with Gasteiger partial charge in [-0.05, 0) is 33.4 Å². The summed E-state index contributed by atoms with van der Waals surface area (Å²) < 4.78 is 0. The summed E-state index contributed by atoms with van der Waals surface area (Å²) in [4.78, 5) is 50.8. The molecule has 0 radical (unpaired) electrons. The van der Waals surface area contributed by atoms with Crippen LogP contribution in [0, 0.1) is 5.92 Å². The minimum Gasteiger partial charge on any atom is -0.337 e. The smallest absolute Gasteiger partial charge is 0.256 e. The zero-order valence-electron chi connectivity index (χ0n) is 17.3. The molecule has 2 unspecified atom stereocenters. The predicted octanol–water partition coefficient (Wildman–Crippen LogP) is 0.926. The standard InChI is InChI=1S/C20H31N5O3/c1-5-13(2)20(28)25-9-6-7-16(25)18-21-15-8-10-24(17(26)12-23(3)4)11-14(15)19(27)22-18/h13,16H,5-12H2,1-4H3,(H,21,22,27). The Morgan fingerprint density at radius 3 is 2.75 bits per heavy atom. The number of nitrogens with one attached hydrogen (secondary N) is 1. The lowest BCUT2D eigenvalue weighted by molar-refractivity contribution is -0.136. The SMILES string of the molecule is CCC(C)C(=O)N1CCCC1c1nc2c(c(=O)[nH]1)CN(C(=O)CN(C)C)CC2. The highest BCUT2D eigenvalue weighted by Crippen LogP contribution is 2.31. The lowest BCUT2D eigenvalue weighted by Gasteiger charge is -2.30. The number of hydrogen-bond donors (Lipinski definition) is 1. The van der Waals surface area contributed by atoms with Crippen molar-refractivity contribution < 1.29 is 9.59 Å². The summed E-state index contributed by atoms with van der Waals surface area (Å²) in [5, 5.41) is 0. The van der Waals surface area contributed by atoms with Gasteiger partial charge in [0.1, 0.15) is 5.82 Å². The van der Waals surface area contributed by atoms with Gasteiger partial charge >= 0.3 is 0 Å². The van der Waals surface area contributed by atoms with Crippen molar-refractivity contribution in [2.24, 2.45) is 5.92 Å². The van der Waals surface area contributed by atoms with E-state index in [0.29, 0.717) is 44.0 Å². The van der Waals surface area contributed by atoms with E-state index in [9.17, 15) is 14.4 Å². The van der Waals surface area contributed by atoms with Crippen molar-refractivity contribution in [3.05, 3.63) is 27.4 Å². The van der Waals surface area contributed by atoms with Gasteiger partial charge in [-0.1, -0.05) is 13.8 Å². The van der Waals surface area contributed by atoms with Crippen LogP contribution in [0.1, 0.15) is 56.2 Å². The van der Waals surface area contributed by atoms with Crippen molar-refractivity contribution in [1.29, 1.82) is 0 Å². The molecule has 1 aromatic rings. The number of aromatic nitrogens is 2. The highest BCUT2D eigenvalue weighted by Gasteiger charge is 2.34. The fraction of sp³-hybridized carbons (Fsp3) is 0.700. The molecule has 0 saturated carbocycles. The van der Waals surface area contributed by atoms with Crippen LogP contribution in [0.2, 0.25) is 0 Å². The lowest BCUT2D eigenvalue weighted by Crippen LogP contribution is -2.43. The Kier molecular flexibility index (Phi) is 6.17. The molecule has 3 heterocycles. The van der Waals surface area contributed by atoms with E-state index in [4.69, 9.17) is 4.98 Å². The van der Waals surface area contributed by atoms with E-state index in [2.05, 4.69) is 4.98 Å². The van der Waals surface area contributed by atoms with Crippen LogP contribution < -0.4 is 5.56 Å². The first-order chi connectivity index (χ1) is 13.3. The molecule has 2 amide bonds. The van der Waals surface area contributed by atoms with Gasteiger partial charge < -0.3 is 19.7 Å². The van der Waals surface area contributed by atoms with Gasteiger partial charge in [-0.15, -0.1) is 0 Å². The summed E-state index contributed by atoms with van der Waals surface area (Å²) in [6, 6.07) is -0.159. The minimum absolute atomic E-state index is 0.0141. The van der Waals surface area contributed by atoms with E-state index in [1.54, 1.807) is 4.90 Å². The summed E-state index contributed by atoms with van der Waals surface area (Å²) in [6.07, 6.45) is 3.10. The van der Waals surface area contributed by atoms with Crippen LogP contribution in [0.3, 0.4) is 0 Å². The molecule has 0 spiro atoms. The fourth-order valence-corrected chi connectivity index (χ4v) is 3.96. The van der Waals surface area contributed by atoms with E-state index in [0.717, 1.165) is 25.0 Å². The topological polar surface area (TPSA) is 89.6 Å². The molecule has 1 aromatic heterocycles. The monoisotopic (exact) mass is 389 g/mol. The number of H-pyrrole nitrogens is 1. The Morgan fingerprint density at radius 2 is 2.07 bits per heavy atom. The Hall–Kier alpha value is -2.22. The molecule has 2 aliphatic rings. The second kappa shape index (κ2) is 8.43. The third kappa shape index (κ3) is 4.11. The number of hydrogen-bond acceptors (Lipinski definition) is 5. The molecule has 2 aliphatic heterocycles. The predicted molar refractivity (Wildman–Crippen MR) is 106 cm³/mol. The first-order valence-corrected chi connectivity index (χ1v) is 10.2. The van der Waals surface area contributed by atoms with Crippen LogP contribution >= 0.6 is 0 Å². The van der Waals surface area contributed by atoms with Gasteiger partial charge in [0.15, 0.2) is 0 Å². The molecule has 0 aliphatic carbocycles. The summed E-state index contributed by atoms with van der Waals surface area (Å²) in [5.74, 6) is 0.707. The number of aromatic amines is 1. The van der Waals surface area contributed by atoms with Crippen molar-refractivity contribution in [2.45, 2.75) is 52.1 Å². The van der Waals surface area contributed by atoms with Gasteiger partial charge in [0.25, 0.3) is 5.56 Å². The average molecular weight is 390 g/mol. The first-order valence-electron chi connectivity index (χ1n) is 10.2. The van der Waals surface area contributed by atoms with Crippen LogP contribution in [-0.4, -0.2) is 70.2 Å². The largest absolute Gasteiger partial charge is 0.337 e. The normalized spacial score (nSPS) is 20.4. The van der Waals surface area contributed by atoms with Crippen LogP contribution in [0.25, 0.3) is 0 Å². The summed E-state index contributed by atoms with van der Waals surface area (Å²) in [5.41, 5.74) is 1.14. The maximum absolute atomic E-state index is 12.8. The Morgan fingerprint density at radius 1 is 1.32 bits per heavy atom. The molecule has 28 heavy (non-hydrogen) atoms. The second-order valence-corrected chi connectivity index (χ2v) is 8.18. The molecule has 1 N–H and O–H groups in total. The number of likely N-dealkylation sites (N-methyl/N-ethyl adjacent to an activating group) is 1. The third-order valence-corrected chi connectivity index (χ3v) is 5.78. The molecule has 3 rings (SSSR count). The highest BCUT2D eigenvalue weighted by atomic mass is 16.2. The van der Waals surface area contributed by atoms with Crippen molar-refractivity contribution in [3.8, 4) is 0 Å². The molecule has 1 saturated heterocycles. The highest BCUT2D eigenvalue weighted by molar-refractivity contribution is 5.79. The number of rotatable bonds is 5. The Labute approximate surface area is 165 Å². The van der Waals surface area contributed by atoms with Crippen LogP contribution in [0.4, 0.5) is 0 Å². The molecule has 8 heteroatoms. The Bertz CT molecular complexity index is 804. The zero-order chi connectivity index (χ0) is 20.4. The summed E-state index contributed by atoms with van der Waals surface area (Å²) in [6.45, 7) is 5.85. The van der Waals surface area contributed by atoms with Crippen LogP contribution in [-0.2, 0) is 22.6 Å². The quantitative estimate of drug-likeness (QED) is 0.809. The van der Waals surface area contributed by atoms with Crippen molar-refractivity contribution >= 4 is 11.8 Å². The van der Waals surface area contributed by atoms with Crippen LogP contribution in [0.5, 0.6) is 0 Å². The van der Waals surface area contributed by atoms with E-state index in [1.165, 1.54) is 0 Å². The molecule has 8 nitrogen and oxygen atoms in total. The number of nitrogens with zero attached hydrogens (tertiary/aromatic N) is 4. The van der Waals surface area contributed by atoms with Gasteiger partial charge in [-0.3, -0.25) is 14.4 Å². The molecule has 0 bridgehead atoms. The minimum atomic E-state index is -0.190. The fourth-order valence-electron chi connectivity index (χ4n) is 3.96. The summed E-state index contributed by atoms with van der Waals surface area (Å²) >= 11 is 0. The summed E-state index contributed by atoms with van der Waals surface area (Å²) in [7, 11) is 3.70. The number of likely N-dealkylation sites (tertiary alicyclic amines) is 1. The van der Waals surface area contributed by atoms with E-state index in [-0.39, 0.29) is 29.3 Å². The Balaban J connectivity index is 1.82. The van der Waals surface area contributed by atoms with Crippen molar-refractivity contribution in [3.63, 3.8) is 0 Å². The second-order valence-electron chi connectivity index (χ2n) is 8.18. The van der Waals surface area contributed by atoms with Gasteiger partial charge in [0.2, 0.25) is 11.8 Å². The number of carbonyl (C=O) groups excluding carboxylic acids is 2. The van der Waals surface area contributed by atoms with E-state index in [1.807, 2.05) is 37.7 Å². The molecule has 154 valence electrons. The molecule has 0 aromatic carbocycles. The van der Waals surface area contributed by atoms with E-state index < -0.39 is 0 Å². The van der Waals surface area contributed by atoms with Crippen molar-refractivity contribution in [1.82, 2.24) is 24.7 Å². The number of amides is 2. The molecule has 1 fully saturated rings. The molecular weight excluding hydrogens is 358 g/mol. The van der Waals surface area contributed by atoms with Gasteiger partial charge in [-0.2, -0.15) is 0 Å².